The van der Waals surface area contributed by atoms with Crippen molar-refractivity contribution < 1.29 is 28.8 Å². The Labute approximate surface area is 152 Å². The first-order chi connectivity index (χ1) is 12.9. The molecule has 11 nitrogen and oxygen atoms in total. The third-order valence-electron chi connectivity index (χ3n) is 4.22. The number of carbonyl (C=O) groups is 2. The van der Waals surface area contributed by atoms with E-state index in [9.17, 15) is 24.8 Å². The van der Waals surface area contributed by atoms with Crippen LogP contribution in [0, 0.1) is 10.1 Å². The summed E-state index contributed by atoms with van der Waals surface area (Å²) in [5.41, 5.74) is -0.404. The van der Waals surface area contributed by atoms with Crippen LogP contribution in [0.3, 0.4) is 0 Å². The second-order valence-corrected chi connectivity index (χ2v) is 5.76. The highest BCUT2D eigenvalue weighted by atomic mass is 16.6. The maximum Gasteiger partial charge on any atom is 0.315 e. The predicted molar refractivity (Wildman–Crippen MR) is 89.6 cm³/mol. The topological polar surface area (TPSA) is 139 Å². The van der Waals surface area contributed by atoms with Crippen molar-refractivity contribution >= 4 is 17.5 Å². The lowest BCUT2D eigenvalue weighted by Crippen LogP contribution is -2.50. The fourth-order valence-electron chi connectivity index (χ4n) is 2.79. The molecule has 1 aliphatic heterocycles. The van der Waals surface area contributed by atoms with Gasteiger partial charge in [-0.1, -0.05) is 0 Å². The van der Waals surface area contributed by atoms with Gasteiger partial charge in [0, 0.05) is 32.2 Å². The van der Waals surface area contributed by atoms with Gasteiger partial charge in [-0.3, -0.25) is 19.7 Å². The lowest BCUT2D eigenvalue weighted by Gasteiger charge is -2.34. The van der Waals surface area contributed by atoms with E-state index in [4.69, 9.17) is 9.15 Å². The Hall–Kier alpha value is -3.63. The van der Waals surface area contributed by atoms with E-state index in [0.29, 0.717) is 0 Å². The number of nitro groups is 1. The first-order valence-corrected chi connectivity index (χ1v) is 7.94. The van der Waals surface area contributed by atoms with Crippen molar-refractivity contribution in [1.29, 1.82) is 0 Å². The number of aromatic nitrogens is 1. The molecule has 1 saturated heterocycles. The lowest BCUT2D eigenvalue weighted by molar-refractivity contribution is -0.386. The number of oxazole rings is 1. The van der Waals surface area contributed by atoms with E-state index in [-0.39, 0.29) is 49.1 Å². The summed E-state index contributed by atoms with van der Waals surface area (Å²) in [6.07, 6.45) is 2.42. The number of nitro benzene ring substituents is 1. The molecule has 142 valence electrons. The summed E-state index contributed by atoms with van der Waals surface area (Å²) in [6, 6.07) is 2.25. The number of hydrogen-bond donors (Lipinski definition) is 1. The average molecular weight is 376 g/mol. The van der Waals surface area contributed by atoms with Gasteiger partial charge in [0.25, 0.3) is 11.8 Å². The Morgan fingerprint density at radius 2 is 1.85 bits per heavy atom. The Morgan fingerprint density at radius 1 is 1.22 bits per heavy atom. The van der Waals surface area contributed by atoms with E-state index >= 15 is 0 Å². The number of hydrogen-bond acceptors (Lipinski definition) is 8. The summed E-state index contributed by atoms with van der Waals surface area (Å²) in [4.78, 5) is 42.0. The molecular weight excluding hydrogens is 360 g/mol. The van der Waals surface area contributed by atoms with Crippen molar-refractivity contribution in [2.24, 2.45) is 0 Å². The number of nitrogens with zero attached hydrogens (tertiary/aromatic N) is 4. The second-order valence-electron chi connectivity index (χ2n) is 5.76. The van der Waals surface area contributed by atoms with Gasteiger partial charge < -0.3 is 24.1 Å². The van der Waals surface area contributed by atoms with Gasteiger partial charge in [0.15, 0.2) is 17.8 Å². The number of phenolic OH excluding ortho intramolecular Hbond substituents is 1. The SMILES string of the molecule is COc1cc(C(=O)N2CCN(C(=O)c3cocn3)CC2)cc([N+](=O)[O-])c1O. The van der Waals surface area contributed by atoms with Crippen LogP contribution in [0.2, 0.25) is 0 Å². The van der Waals surface area contributed by atoms with Crippen molar-refractivity contribution in [3.05, 3.63) is 46.2 Å². The van der Waals surface area contributed by atoms with E-state index in [1.54, 1.807) is 4.90 Å². The summed E-state index contributed by atoms with van der Waals surface area (Å²) in [5.74, 6) is -1.54. The molecule has 1 aromatic heterocycles. The van der Waals surface area contributed by atoms with Gasteiger partial charge in [-0.15, -0.1) is 0 Å². The van der Waals surface area contributed by atoms with Crippen LogP contribution in [0.15, 0.2) is 29.2 Å². The molecule has 1 aromatic carbocycles. The molecule has 1 N–H and O–H groups in total. The fourth-order valence-corrected chi connectivity index (χ4v) is 2.79. The van der Waals surface area contributed by atoms with Crippen molar-refractivity contribution in [1.82, 2.24) is 14.8 Å². The van der Waals surface area contributed by atoms with Crippen molar-refractivity contribution in [3.8, 4) is 11.5 Å². The predicted octanol–water partition coefficient (Wildman–Crippen LogP) is 0.895. The Bertz CT molecular complexity index is 873. The van der Waals surface area contributed by atoms with Crippen molar-refractivity contribution in [2.75, 3.05) is 33.3 Å². The molecule has 1 aliphatic rings. The highest BCUT2D eigenvalue weighted by Crippen LogP contribution is 2.37. The molecule has 0 bridgehead atoms. The monoisotopic (exact) mass is 376 g/mol. The third-order valence-corrected chi connectivity index (χ3v) is 4.22. The Balaban J connectivity index is 1.73. The number of piperazine rings is 1. The zero-order valence-corrected chi connectivity index (χ0v) is 14.3. The van der Waals surface area contributed by atoms with Gasteiger partial charge in [-0.25, -0.2) is 4.98 Å². The minimum Gasteiger partial charge on any atom is -0.500 e. The van der Waals surface area contributed by atoms with E-state index in [1.807, 2.05) is 0 Å². The fraction of sp³-hybridized carbons (Fsp3) is 0.312. The van der Waals surface area contributed by atoms with Crippen LogP contribution >= 0.6 is 0 Å². The summed E-state index contributed by atoms with van der Waals surface area (Å²) in [7, 11) is 1.24. The number of amides is 2. The van der Waals surface area contributed by atoms with Crippen molar-refractivity contribution in [3.63, 3.8) is 0 Å². The van der Waals surface area contributed by atoms with E-state index in [2.05, 4.69) is 4.98 Å². The first-order valence-electron chi connectivity index (χ1n) is 7.94. The number of methoxy groups -OCH3 is 1. The van der Waals surface area contributed by atoms with Gasteiger partial charge in [0.2, 0.25) is 5.75 Å². The van der Waals surface area contributed by atoms with Crippen LogP contribution < -0.4 is 4.74 Å². The summed E-state index contributed by atoms with van der Waals surface area (Å²) in [5, 5.41) is 20.9. The van der Waals surface area contributed by atoms with Crippen LogP contribution in [0.5, 0.6) is 11.5 Å². The van der Waals surface area contributed by atoms with Crippen LogP contribution in [0.4, 0.5) is 5.69 Å². The molecule has 2 amide bonds. The normalized spacial score (nSPS) is 14.1. The number of rotatable bonds is 4. The number of phenols is 1. The van der Waals surface area contributed by atoms with Gasteiger partial charge in [0.05, 0.1) is 17.6 Å². The largest absolute Gasteiger partial charge is 0.500 e. The molecule has 2 aromatic rings. The molecule has 0 saturated carbocycles. The third kappa shape index (κ3) is 3.52. The lowest BCUT2D eigenvalue weighted by atomic mass is 10.1. The number of ether oxygens (including phenoxy) is 1. The zero-order valence-electron chi connectivity index (χ0n) is 14.3. The van der Waals surface area contributed by atoms with Crippen LogP contribution in [0.25, 0.3) is 0 Å². The molecule has 0 atom stereocenters. The molecular formula is C16H16N4O7. The quantitative estimate of drug-likeness (QED) is 0.613. The first kappa shape index (κ1) is 18.2. The smallest absolute Gasteiger partial charge is 0.315 e. The molecule has 0 aliphatic carbocycles. The highest BCUT2D eigenvalue weighted by molar-refractivity contribution is 5.96. The molecule has 2 heterocycles. The molecule has 0 unspecified atom stereocenters. The van der Waals surface area contributed by atoms with E-state index in [1.165, 1.54) is 24.3 Å². The molecule has 3 rings (SSSR count). The molecule has 27 heavy (non-hydrogen) atoms. The number of carbonyl (C=O) groups excluding carboxylic acids is 2. The van der Waals surface area contributed by atoms with Crippen LogP contribution in [-0.2, 0) is 0 Å². The zero-order chi connectivity index (χ0) is 19.6. The van der Waals surface area contributed by atoms with Gasteiger partial charge in [0.1, 0.15) is 6.26 Å². The van der Waals surface area contributed by atoms with Crippen LogP contribution in [0.1, 0.15) is 20.8 Å². The van der Waals surface area contributed by atoms with E-state index < -0.39 is 22.3 Å². The molecule has 11 heteroatoms. The Morgan fingerprint density at radius 3 is 2.37 bits per heavy atom. The Kier molecular flexibility index (Phi) is 4.92. The van der Waals surface area contributed by atoms with Crippen molar-refractivity contribution in [2.45, 2.75) is 0 Å². The molecule has 0 radical (unpaired) electrons. The summed E-state index contributed by atoms with van der Waals surface area (Å²) >= 11 is 0. The highest BCUT2D eigenvalue weighted by Gasteiger charge is 2.29. The minimum atomic E-state index is -0.789. The maximum absolute atomic E-state index is 12.7. The minimum absolute atomic E-state index is 0.0210. The summed E-state index contributed by atoms with van der Waals surface area (Å²) < 4.78 is 9.71. The standard InChI is InChI=1S/C16H16N4O7/c1-26-13-7-10(6-12(14(13)21)20(24)25)15(22)18-2-4-19(5-3-18)16(23)11-8-27-9-17-11/h6-9,21H,2-5H2,1H3. The van der Waals surface area contributed by atoms with Gasteiger partial charge >= 0.3 is 5.69 Å². The number of benzene rings is 1. The molecule has 0 spiro atoms. The number of aromatic hydroxyl groups is 1. The second kappa shape index (κ2) is 7.32. The van der Waals surface area contributed by atoms with Gasteiger partial charge in [-0.05, 0) is 6.07 Å². The van der Waals surface area contributed by atoms with Gasteiger partial charge in [-0.2, -0.15) is 0 Å². The maximum atomic E-state index is 12.7. The average Bonchev–Trinajstić information content (AvgIpc) is 3.21. The molecule has 1 fully saturated rings. The van der Waals surface area contributed by atoms with Crippen LogP contribution in [-0.4, -0.2) is 69.9 Å². The summed E-state index contributed by atoms with van der Waals surface area (Å²) in [6.45, 7) is 1.07. The van der Waals surface area contributed by atoms with E-state index in [0.717, 1.165) is 12.5 Å².